The van der Waals surface area contributed by atoms with Crippen LogP contribution in [0.25, 0.3) is 5.57 Å². The van der Waals surface area contributed by atoms with E-state index in [1.165, 1.54) is 0 Å². The summed E-state index contributed by atoms with van der Waals surface area (Å²) >= 11 is 12.1. The summed E-state index contributed by atoms with van der Waals surface area (Å²) in [4.78, 5) is 0. The number of benzene rings is 2. The summed E-state index contributed by atoms with van der Waals surface area (Å²) in [5.41, 5.74) is 2.48. The van der Waals surface area contributed by atoms with Crippen molar-refractivity contribution >= 4 is 28.8 Å². The molecule has 0 saturated carbocycles. The SMILES string of the molecule is COc1ccc(C(=C(Cl)Cl)c2ccccc2OC)cc1. The number of hydrogen-bond acceptors (Lipinski definition) is 2. The van der Waals surface area contributed by atoms with Crippen LogP contribution < -0.4 is 9.47 Å². The quantitative estimate of drug-likeness (QED) is 0.800. The molecule has 0 unspecified atom stereocenters. The van der Waals surface area contributed by atoms with Crippen LogP contribution in [0.2, 0.25) is 0 Å². The van der Waals surface area contributed by atoms with Crippen molar-refractivity contribution in [2.45, 2.75) is 0 Å². The van der Waals surface area contributed by atoms with Crippen LogP contribution in [-0.2, 0) is 0 Å². The van der Waals surface area contributed by atoms with Crippen LogP contribution in [-0.4, -0.2) is 14.2 Å². The van der Waals surface area contributed by atoms with Gasteiger partial charge in [0.15, 0.2) is 0 Å². The van der Waals surface area contributed by atoms with Gasteiger partial charge in [0.1, 0.15) is 16.0 Å². The maximum absolute atomic E-state index is 6.07. The average Bonchev–Trinajstić information content (AvgIpc) is 2.48. The molecule has 2 nitrogen and oxygen atoms in total. The van der Waals surface area contributed by atoms with E-state index in [2.05, 4.69) is 0 Å². The minimum atomic E-state index is 0.194. The molecule has 0 N–H and O–H groups in total. The first kappa shape index (κ1) is 14.8. The minimum Gasteiger partial charge on any atom is -0.497 e. The third-order valence-electron chi connectivity index (χ3n) is 2.94. The van der Waals surface area contributed by atoms with Gasteiger partial charge in [0.05, 0.1) is 14.2 Å². The number of halogens is 2. The molecule has 2 aromatic rings. The lowest BCUT2D eigenvalue weighted by molar-refractivity contribution is 0.413. The molecule has 0 aliphatic heterocycles. The first-order chi connectivity index (χ1) is 9.67. The zero-order valence-corrected chi connectivity index (χ0v) is 12.7. The summed E-state index contributed by atoms with van der Waals surface area (Å²) in [6.07, 6.45) is 0. The highest BCUT2D eigenvalue weighted by atomic mass is 35.5. The van der Waals surface area contributed by atoms with Gasteiger partial charge in [0.25, 0.3) is 0 Å². The van der Waals surface area contributed by atoms with Crippen LogP contribution in [0.15, 0.2) is 53.0 Å². The van der Waals surface area contributed by atoms with Gasteiger partial charge in [-0.2, -0.15) is 0 Å². The molecule has 0 radical (unpaired) electrons. The number of methoxy groups -OCH3 is 2. The van der Waals surface area contributed by atoms with Crippen LogP contribution >= 0.6 is 23.2 Å². The summed E-state index contributed by atoms with van der Waals surface area (Å²) in [5, 5.41) is 0. The average molecular weight is 309 g/mol. The Hall–Kier alpha value is -1.64. The van der Waals surface area contributed by atoms with Gasteiger partial charge >= 0.3 is 0 Å². The number of hydrogen-bond donors (Lipinski definition) is 0. The molecule has 0 aliphatic rings. The molecule has 0 atom stereocenters. The van der Waals surface area contributed by atoms with E-state index in [0.29, 0.717) is 0 Å². The second kappa shape index (κ2) is 6.69. The Kier molecular flexibility index (Phi) is 4.94. The fraction of sp³-hybridized carbons (Fsp3) is 0.125. The molecule has 2 aromatic carbocycles. The largest absolute Gasteiger partial charge is 0.497 e. The van der Waals surface area contributed by atoms with Gasteiger partial charge in [-0.05, 0) is 23.8 Å². The first-order valence-corrected chi connectivity index (χ1v) is 6.76. The van der Waals surface area contributed by atoms with Gasteiger partial charge in [-0.1, -0.05) is 53.5 Å². The van der Waals surface area contributed by atoms with E-state index in [4.69, 9.17) is 32.7 Å². The molecule has 0 spiro atoms. The Balaban J connectivity index is 2.55. The molecule has 4 heteroatoms. The van der Waals surface area contributed by atoms with Crippen molar-refractivity contribution in [1.82, 2.24) is 0 Å². The maximum Gasteiger partial charge on any atom is 0.126 e. The maximum atomic E-state index is 6.07. The molecule has 20 heavy (non-hydrogen) atoms. The van der Waals surface area contributed by atoms with E-state index >= 15 is 0 Å². The fourth-order valence-electron chi connectivity index (χ4n) is 1.98. The van der Waals surface area contributed by atoms with Crippen molar-refractivity contribution in [2.24, 2.45) is 0 Å². The molecule has 0 aromatic heterocycles. The van der Waals surface area contributed by atoms with Crippen molar-refractivity contribution in [3.8, 4) is 11.5 Å². The number of ether oxygens (including phenoxy) is 2. The van der Waals surface area contributed by atoms with Crippen LogP contribution in [0.3, 0.4) is 0 Å². The zero-order valence-electron chi connectivity index (χ0n) is 11.2. The molecule has 0 fully saturated rings. The van der Waals surface area contributed by atoms with Gasteiger partial charge in [-0.15, -0.1) is 0 Å². The highest BCUT2D eigenvalue weighted by Crippen LogP contribution is 2.36. The second-order valence-electron chi connectivity index (χ2n) is 4.06. The van der Waals surface area contributed by atoms with E-state index in [9.17, 15) is 0 Å². The van der Waals surface area contributed by atoms with E-state index < -0.39 is 0 Å². The van der Waals surface area contributed by atoms with Gasteiger partial charge in [-0.3, -0.25) is 0 Å². The Morgan fingerprint density at radius 2 is 1.50 bits per heavy atom. The summed E-state index contributed by atoms with van der Waals surface area (Å²) < 4.78 is 10.7. The molecular weight excluding hydrogens is 295 g/mol. The van der Waals surface area contributed by atoms with E-state index in [1.54, 1.807) is 14.2 Å². The Morgan fingerprint density at radius 3 is 2.05 bits per heavy atom. The van der Waals surface area contributed by atoms with Crippen molar-refractivity contribution in [3.05, 3.63) is 64.1 Å². The van der Waals surface area contributed by atoms with Gasteiger partial charge in [0.2, 0.25) is 0 Å². The number of rotatable bonds is 4. The monoisotopic (exact) mass is 308 g/mol. The molecular formula is C16H14Cl2O2. The summed E-state index contributed by atoms with van der Waals surface area (Å²) in [6.45, 7) is 0. The Morgan fingerprint density at radius 1 is 0.850 bits per heavy atom. The molecule has 0 heterocycles. The first-order valence-electron chi connectivity index (χ1n) is 6.00. The molecule has 0 amide bonds. The van der Waals surface area contributed by atoms with Crippen molar-refractivity contribution in [3.63, 3.8) is 0 Å². The third-order valence-corrected chi connectivity index (χ3v) is 3.32. The van der Waals surface area contributed by atoms with Gasteiger partial charge in [0, 0.05) is 11.1 Å². The highest BCUT2D eigenvalue weighted by Gasteiger charge is 2.14. The van der Waals surface area contributed by atoms with Crippen LogP contribution in [0.4, 0.5) is 0 Å². The zero-order chi connectivity index (χ0) is 14.5. The molecule has 0 bridgehead atoms. The Bertz CT molecular complexity index is 615. The predicted octanol–water partition coefficient (Wildman–Crippen LogP) is 4.90. The topological polar surface area (TPSA) is 18.5 Å². The van der Waals surface area contributed by atoms with Crippen LogP contribution in [0.1, 0.15) is 11.1 Å². The smallest absolute Gasteiger partial charge is 0.126 e. The van der Waals surface area contributed by atoms with Crippen molar-refractivity contribution in [2.75, 3.05) is 14.2 Å². The lowest BCUT2D eigenvalue weighted by Gasteiger charge is -2.13. The standard InChI is InChI=1S/C16H14Cl2O2/c1-19-12-9-7-11(8-10-12)15(16(17)18)13-5-3-4-6-14(13)20-2/h3-10H,1-2H3. The normalized spacial score (nSPS) is 10.0. The number of para-hydroxylation sites is 1. The third kappa shape index (κ3) is 3.09. The summed E-state index contributed by atoms with van der Waals surface area (Å²) in [5.74, 6) is 1.50. The van der Waals surface area contributed by atoms with Crippen molar-refractivity contribution < 1.29 is 9.47 Å². The molecule has 2 rings (SSSR count). The minimum absolute atomic E-state index is 0.194. The van der Waals surface area contributed by atoms with Gasteiger partial charge in [-0.25, -0.2) is 0 Å². The molecule has 0 aliphatic carbocycles. The summed E-state index contributed by atoms with van der Waals surface area (Å²) in [7, 11) is 3.24. The van der Waals surface area contributed by atoms with E-state index in [-0.39, 0.29) is 4.49 Å². The summed E-state index contributed by atoms with van der Waals surface area (Å²) in [6, 6.07) is 15.1. The van der Waals surface area contributed by atoms with Crippen LogP contribution in [0, 0.1) is 0 Å². The molecule has 0 saturated heterocycles. The lowest BCUT2D eigenvalue weighted by atomic mass is 9.98. The van der Waals surface area contributed by atoms with Crippen LogP contribution in [0.5, 0.6) is 11.5 Å². The van der Waals surface area contributed by atoms with Crippen molar-refractivity contribution in [1.29, 1.82) is 0 Å². The van der Waals surface area contributed by atoms with E-state index in [1.807, 2.05) is 48.5 Å². The highest BCUT2D eigenvalue weighted by molar-refractivity contribution is 6.59. The fourth-order valence-corrected chi connectivity index (χ4v) is 2.40. The van der Waals surface area contributed by atoms with E-state index in [0.717, 1.165) is 28.2 Å². The molecule has 104 valence electrons. The Labute approximate surface area is 128 Å². The second-order valence-corrected chi connectivity index (χ2v) is 5.01. The van der Waals surface area contributed by atoms with Gasteiger partial charge < -0.3 is 9.47 Å². The predicted molar refractivity (Wildman–Crippen MR) is 83.7 cm³/mol. The lowest BCUT2D eigenvalue weighted by Crippen LogP contribution is -1.94.